The summed E-state index contributed by atoms with van der Waals surface area (Å²) in [4.78, 5) is 55.0. The Hall–Kier alpha value is -5.53. The average Bonchev–Trinajstić information content (AvgIpc) is 0.876. The number of guanidine groups is 1. The summed E-state index contributed by atoms with van der Waals surface area (Å²) < 4.78 is 149. The molecule has 0 heterocycles. The summed E-state index contributed by atoms with van der Waals surface area (Å²) in [6.07, 6.45) is -0.292. The van der Waals surface area contributed by atoms with Crippen LogP contribution in [0.15, 0.2) is 59.6 Å². The minimum atomic E-state index is -0.932. The highest BCUT2D eigenvalue weighted by atomic mass is 16.6. The van der Waals surface area contributed by atoms with E-state index in [1.165, 1.54) is 0 Å². The molecule has 0 aliphatic carbocycles. The minimum absolute atomic E-state index is 0.0402. The fraction of sp³-hybridized carbons (Fsp3) is 0.785. The van der Waals surface area contributed by atoms with Crippen molar-refractivity contribution < 1.29 is 147 Å². The van der Waals surface area contributed by atoms with Crippen LogP contribution in [0.2, 0.25) is 0 Å². The van der Waals surface area contributed by atoms with E-state index in [0.29, 0.717) is 290 Å². The quantitative estimate of drug-likeness (QED) is 0.0244. The van der Waals surface area contributed by atoms with Gasteiger partial charge in [0.05, 0.1) is 304 Å². The molecule has 2 aromatic rings. The number of benzene rings is 2. The van der Waals surface area contributed by atoms with Gasteiger partial charge in [-0.25, -0.2) is 19.4 Å². The van der Waals surface area contributed by atoms with Crippen LogP contribution in [0.5, 0.6) is 5.75 Å². The number of rotatable bonds is 81. The third-order valence-electron chi connectivity index (χ3n) is 14.1. The zero-order valence-electron chi connectivity index (χ0n) is 69.1. The van der Waals surface area contributed by atoms with E-state index in [4.69, 9.17) is 128 Å². The molecule has 0 saturated carbocycles. The number of ether oxygens (including phenoxy) is 27. The number of amides is 3. The maximum atomic E-state index is 13.4. The van der Waals surface area contributed by atoms with Gasteiger partial charge in [0.15, 0.2) is 0 Å². The second-order valence-corrected chi connectivity index (χ2v) is 26.2. The van der Waals surface area contributed by atoms with Crippen molar-refractivity contribution in [2.24, 2.45) is 4.99 Å². The molecule has 35 heteroatoms. The lowest BCUT2D eigenvalue weighted by Gasteiger charge is -2.22. The number of carbonyl (C=O) groups excluding carboxylic acids is 4. The lowest BCUT2D eigenvalue weighted by Crippen LogP contribution is -2.47. The van der Waals surface area contributed by atoms with Gasteiger partial charge in [0.1, 0.15) is 36.2 Å². The van der Waals surface area contributed by atoms with Gasteiger partial charge >= 0.3 is 18.2 Å². The highest BCUT2D eigenvalue weighted by Gasteiger charge is 2.24. The summed E-state index contributed by atoms with van der Waals surface area (Å²) in [6, 6.07) is 15.7. The van der Waals surface area contributed by atoms with Crippen LogP contribution in [0.1, 0.15) is 72.4 Å². The smallest absolute Gasteiger partial charge is 0.414 e. The van der Waals surface area contributed by atoms with Crippen molar-refractivity contribution in [1.29, 1.82) is 0 Å². The van der Waals surface area contributed by atoms with Crippen LogP contribution in [0.3, 0.4) is 0 Å². The Labute approximate surface area is 675 Å². The van der Waals surface area contributed by atoms with Crippen molar-refractivity contribution in [2.45, 2.75) is 91.6 Å². The van der Waals surface area contributed by atoms with E-state index in [1.807, 2.05) is 42.5 Å². The zero-order chi connectivity index (χ0) is 82.2. The molecule has 0 aromatic heterocycles. The van der Waals surface area contributed by atoms with Crippen LogP contribution in [0.4, 0.5) is 9.59 Å². The topological polar surface area (TPSA) is 366 Å². The molecule has 114 heavy (non-hydrogen) atoms. The molecule has 1 atom stereocenters. The first kappa shape index (κ1) is 105. The molecule has 660 valence electrons. The molecule has 3 N–H and O–H groups in total. The number of hydrogen-bond acceptors (Lipinski definition) is 32. The Balaban J connectivity index is 1.35. The van der Waals surface area contributed by atoms with Crippen molar-refractivity contribution in [3.8, 4) is 5.75 Å². The molecular weight excluding hydrogens is 1500 g/mol. The van der Waals surface area contributed by atoms with Gasteiger partial charge in [0.2, 0.25) is 11.9 Å². The predicted octanol–water partition coefficient (Wildman–Crippen LogP) is 5.42. The number of carbonyl (C=O) groups is 4. The van der Waals surface area contributed by atoms with E-state index in [0.717, 1.165) is 24.2 Å². The molecule has 35 nitrogen and oxygen atoms in total. The van der Waals surface area contributed by atoms with Crippen molar-refractivity contribution in [1.82, 2.24) is 16.0 Å². The molecule has 0 radical (unpaired) electrons. The highest BCUT2D eigenvalue weighted by Crippen LogP contribution is 2.15. The first-order valence-electron chi connectivity index (χ1n) is 39.7. The normalized spacial score (nSPS) is 11.9. The van der Waals surface area contributed by atoms with Gasteiger partial charge in [-0.05, 0) is 71.2 Å². The highest BCUT2D eigenvalue weighted by molar-refractivity contribution is 6.01. The SMILES string of the molecule is CCCOCCOCCOCCOCCOCCOCCOCCOCCOCCOCCOCCOCCC(=O)N[C@@H](Cc1ccc(OCCOCCOCCOCCOCCOCCOCCOCCOCCOCCOCCOCCN=C(NC(=O)OC(C)(C)C)NC(=O)OC(C)(C)C)cc1)C(=O)OCc1ccccc1. The van der Waals surface area contributed by atoms with Gasteiger partial charge in [-0.15, -0.1) is 0 Å². The predicted molar refractivity (Wildman–Crippen MR) is 419 cm³/mol. The first-order valence-corrected chi connectivity index (χ1v) is 39.7. The third kappa shape index (κ3) is 74.0. The molecule has 2 rings (SSSR count). The standard InChI is InChI=1S/C79H138N4O31/c1-8-20-88-23-26-91-29-32-94-35-38-97-41-44-100-47-50-103-53-54-104-51-48-101-45-42-98-39-36-95-33-30-92-27-24-89-21-18-73(84)81-72(74(85)112-68-70-12-10-9-11-13-70)67-69-14-16-71(17-15-69)111-66-65-110-64-63-109-62-61-108-60-59-107-58-57-106-56-55-105-52-49-102-46-43-99-40-37-96-34-31-93-28-25-90-22-19-80-75(82-76(86)113-78(2,3)4)83-77(87)114-79(5,6)7/h9-17,72H,8,18-68H2,1-7H3,(H,81,84)(H2,80,82,83,86,87)/t72-/m0/s1. The molecule has 0 aliphatic heterocycles. The molecule has 0 aliphatic rings. The molecule has 0 unspecified atom stereocenters. The van der Waals surface area contributed by atoms with E-state index < -0.39 is 35.4 Å². The van der Waals surface area contributed by atoms with Crippen molar-refractivity contribution in [2.75, 3.05) is 317 Å². The van der Waals surface area contributed by atoms with Crippen molar-refractivity contribution in [3.63, 3.8) is 0 Å². The van der Waals surface area contributed by atoms with Crippen LogP contribution in [-0.2, 0) is 146 Å². The number of nitrogens with one attached hydrogen (secondary N) is 3. The Morgan fingerprint density at radius 3 is 0.886 bits per heavy atom. The number of aliphatic imine (C=N–C) groups is 1. The molecule has 0 bridgehead atoms. The molecular formula is C79H138N4O31. The summed E-state index contributed by atoms with van der Waals surface area (Å²) in [5.41, 5.74) is 0.155. The van der Waals surface area contributed by atoms with Gasteiger partial charge < -0.3 is 133 Å². The maximum Gasteiger partial charge on any atom is 0.414 e. The van der Waals surface area contributed by atoms with E-state index in [1.54, 1.807) is 53.7 Å². The average molecular weight is 1640 g/mol. The monoisotopic (exact) mass is 1640 g/mol. The fourth-order valence-electron chi connectivity index (χ4n) is 8.73. The summed E-state index contributed by atoms with van der Waals surface area (Å²) in [7, 11) is 0. The Morgan fingerprint density at radius 1 is 0.325 bits per heavy atom. The lowest BCUT2D eigenvalue weighted by atomic mass is 10.1. The maximum absolute atomic E-state index is 13.4. The van der Waals surface area contributed by atoms with E-state index in [2.05, 4.69) is 27.9 Å². The third-order valence-corrected chi connectivity index (χ3v) is 14.1. The van der Waals surface area contributed by atoms with Crippen molar-refractivity contribution in [3.05, 3.63) is 65.7 Å². The van der Waals surface area contributed by atoms with Crippen LogP contribution >= 0.6 is 0 Å². The summed E-state index contributed by atoms with van der Waals surface area (Å²) in [5, 5.41) is 7.68. The number of hydrogen-bond donors (Lipinski definition) is 3. The Kier molecular flexibility index (Phi) is 71.0. The number of esters is 1. The lowest BCUT2D eigenvalue weighted by molar-refractivity contribution is -0.149. The molecule has 0 fully saturated rings. The number of alkyl carbamates (subject to hydrolysis) is 2. The van der Waals surface area contributed by atoms with Gasteiger partial charge in [-0.1, -0.05) is 49.4 Å². The minimum Gasteiger partial charge on any atom is -0.491 e. The second-order valence-electron chi connectivity index (χ2n) is 26.2. The van der Waals surface area contributed by atoms with Crippen LogP contribution < -0.4 is 20.7 Å². The van der Waals surface area contributed by atoms with Gasteiger partial charge in [-0.2, -0.15) is 0 Å². The Bertz CT molecular complexity index is 2490. The van der Waals surface area contributed by atoms with Crippen LogP contribution in [-0.4, -0.2) is 364 Å². The number of nitrogens with zero attached hydrogens (tertiary/aromatic N) is 1. The van der Waals surface area contributed by atoms with E-state index in [9.17, 15) is 19.2 Å². The molecule has 0 saturated heterocycles. The fourth-order valence-corrected chi connectivity index (χ4v) is 8.73. The van der Waals surface area contributed by atoms with Gasteiger partial charge in [0, 0.05) is 19.4 Å². The van der Waals surface area contributed by atoms with Gasteiger partial charge in [-0.3, -0.25) is 15.4 Å². The summed E-state index contributed by atoms with van der Waals surface area (Å²) >= 11 is 0. The van der Waals surface area contributed by atoms with E-state index >= 15 is 0 Å². The van der Waals surface area contributed by atoms with Crippen LogP contribution in [0.25, 0.3) is 0 Å². The first-order chi connectivity index (χ1) is 55.6. The molecule has 3 amide bonds. The van der Waals surface area contributed by atoms with Crippen molar-refractivity contribution >= 4 is 30.0 Å². The largest absolute Gasteiger partial charge is 0.491 e. The second kappa shape index (κ2) is 77.4. The molecule has 2 aromatic carbocycles. The van der Waals surface area contributed by atoms with E-state index in [-0.39, 0.29) is 57.7 Å². The molecule has 0 spiro atoms. The van der Waals surface area contributed by atoms with Gasteiger partial charge in [0.25, 0.3) is 0 Å². The van der Waals surface area contributed by atoms with Crippen LogP contribution in [0, 0.1) is 0 Å². The summed E-state index contributed by atoms with van der Waals surface area (Å²) in [6.45, 7) is 33.0. The Morgan fingerprint density at radius 2 is 0.596 bits per heavy atom. The zero-order valence-corrected chi connectivity index (χ0v) is 69.1. The summed E-state index contributed by atoms with van der Waals surface area (Å²) in [5.74, 6) is -0.392.